The first kappa shape index (κ1) is 21.4. The number of hydrazone groups is 1. The van der Waals surface area contributed by atoms with E-state index in [1.807, 2.05) is 60.7 Å². The number of benzene rings is 3. The van der Waals surface area contributed by atoms with Crippen LogP contribution in [0.1, 0.15) is 5.56 Å². The lowest BCUT2D eigenvalue weighted by molar-refractivity contribution is -0.114. The van der Waals surface area contributed by atoms with Gasteiger partial charge in [0.05, 0.1) is 22.6 Å². The molecule has 0 saturated heterocycles. The Labute approximate surface area is 193 Å². The Hall–Kier alpha value is -4.46. The first-order valence-electron chi connectivity index (χ1n) is 10.4. The zero-order chi connectivity index (χ0) is 23.7. The maximum atomic E-state index is 13.9. The first-order chi connectivity index (χ1) is 16.4. The molecular weight excluding hydrogens is 441 g/mol. The van der Waals surface area contributed by atoms with E-state index in [0.29, 0.717) is 16.8 Å². The number of carbonyl (C=O) groups excluding carboxylic acids is 1. The predicted octanol–water partition coefficient (Wildman–Crippen LogP) is 5.89. The molecule has 0 spiro atoms. The number of alkyl halides is 3. The molecule has 0 fully saturated rings. The molecule has 1 aliphatic heterocycles. The average molecular weight is 458 g/mol. The molecule has 3 aromatic carbocycles. The number of nitrogens with zero attached hydrogens (tertiary/aromatic N) is 4. The third-order valence-electron chi connectivity index (χ3n) is 5.26. The van der Waals surface area contributed by atoms with Gasteiger partial charge >= 0.3 is 6.18 Å². The summed E-state index contributed by atoms with van der Waals surface area (Å²) >= 11 is 0. The van der Waals surface area contributed by atoms with E-state index in [0.717, 1.165) is 10.7 Å². The van der Waals surface area contributed by atoms with E-state index in [1.54, 1.807) is 29.1 Å². The van der Waals surface area contributed by atoms with Gasteiger partial charge in [-0.25, -0.2) is 4.68 Å². The van der Waals surface area contributed by atoms with E-state index >= 15 is 0 Å². The van der Waals surface area contributed by atoms with Crippen molar-refractivity contribution in [1.82, 2.24) is 9.78 Å². The van der Waals surface area contributed by atoms with Gasteiger partial charge in [0.1, 0.15) is 0 Å². The Morgan fingerprint density at radius 1 is 0.765 bits per heavy atom. The highest BCUT2D eigenvalue weighted by Gasteiger charge is 2.47. The van der Waals surface area contributed by atoms with E-state index in [4.69, 9.17) is 0 Å². The normalized spacial score (nSPS) is 15.1. The van der Waals surface area contributed by atoms with Crippen LogP contribution in [0.3, 0.4) is 0 Å². The molecule has 0 radical (unpaired) electrons. The highest BCUT2D eigenvalue weighted by atomic mass is 19.4. The standard InChI is InChI=1S/C26H17F3N4O/c27-26(28,29)24-22(25(34)33(31-24)21-14-8-3-9-15-21)16-19-17-32(20-12-6-2-7-13-20)30-23(19)18-10-4-1-5-11-18/h1-17H/b22-16-. The van der Waals surface area contributed by atoms with Gasteiger partial charge in [0.2, 0.25) is 0 Å². The Morgan fingerprint density at radius 3 is 1.91 bits per heavy atom. The highest BCUT2D eigenvalue weighted by Crippen LogP contribution is 2.34. The van der Waals surface area contributed by atoms with Crippen LogP contribution in [0.2, 0.25) is 0 Å². The molecule has 0 atom stereocenters. The molecule has 0 unspecified atom stereocenters. The summed E-state index contributed by atoms with van der Waals surface area (Å²) in [6.45, 7) is 0. The highest BCUT2D eigenvalue weighted by molar-refractivity contribution is 6.34. The maximum Gasteiger partial charge on any atom is 0.435 e. The zero-order valence-electron chi connectivity index (χ0n) is 17.6. The lowest BCUT2D eigenvalue weighted by Gasteiger charge is -2.10. The molecule has 1 aliphatic rings. The van der Waals surface area contributed by atoms with Crippen LogP contribution in [0.25, 0.3) is 23.0 Å². The van der Waals surface area contributed by atoms with Crippen molar-refractivity contribution in [3.05, 3.63) is 108 Å². The average Bonchev–Trinajstić information content (AvgIpc) is 3.43. The van der Waals surface area contributed by atoms with Crippen molar-refractivity contribution in [1.29, 1.82) is 0 Å². The van der Waals surface area contributed by atoms with E-state index in [2.05, 4.69) is 10.2 Å². The lowest BCUT2D eigenvalue weighted by atomic mass is 10.0. The quantitative estimate of drug-likeness (QED) is 0.358. The van der Waals surface area contributed by atoms with Gasteiger partial charge in [-0.2, -0.15) is 28.4 Å². The number of hydrogen-bond acceptors (Lipinski definition) is 3. The fraction of sp³-hybridized carbons (Fsp3) is 0.0385. The van der Waals surface area contributed by atoms with Crippen molar-refractivity contribution >= 4 is 23.4 Å². The summed E-state index contributed by atoms with van der Waals surface area (Å²) in [5.41, 5.74) is 0.724. The van der Waals surface area contributed by atoms with Crippen molar-refractivity contribution < 1.29 is 18.0 Å². The van der Waals surface area contributed by atoms with Crippen LogP contribution in [0.15, 0.2) is 108 Å². The van der Waals surface area contributed by atoms with Gasteiger partial charge in [-0.05, 0) is 30.3 Å². The summed E-state index contributed by atoms with van der Waals surface area (Å²) in [5.74, 6) is -0.856. The summed E-state index contributed by atoms with van der Waals surface area (Å²) in [4.78, 5) is 13.1. The molecule has 5 rings (SSSR count). The molecule has 2 heterocycles. The van der Waals surface area contributed by atoms with Crippen LogP contribution in [-0.4, -0.2) is 27.6 Å². The minimum atomic E-state index is -4.81. The van der Waals surface area contributed by atoms with Crippen LogP contribution >= 0.6 is 0 Å². The molecule has 34 heavy (non-hydrogen) atoms. The summed E-state index contributed by atoms with van der Waals surface area (Å²) in [6.07, 6.45) is -1.99. The predicted molar refractivity (Wildman–Crippen MR) is 124 cm³/mol. The molecule has 0 saturated carbocycles. The SMILES string of the molecule is O=C1/C(=C\c2cn(-c3ccccc3)nc2-c2ccccc2)C(C(F)(F)F)=NN1c1ccccc1. The number of anilines is 1. The molecule has 0 bridgehead atoms. The Morgan fingerprint density at radius 2 is 1.32 bits per heavy atom. The van der Waals surface area contributed by atoms with Gasteiger partial charge < -0.3 is 0 Å². The largest absolute Gasteiger partial charge is 0.435 e. The molecule has 0 aliphatic carbocycles. The fourth-order valence-electron chi connectivity index (χ4n) is 3.68. The topological polar surface area (TPSA) is 50.5 Å². The second-order valence-corrected chi connectivity index (χ2v) is 7.54. The minimum absolute atomic E-state index is 0.251. The summed E-state index contributed by atoms with van der Waals surface area (Å²) in [6, 6.07) is 26.3. The number of halogens is 3. The lowest BCUT2D eigenvalue weighted by Crippen LogP contribution is -2.25. The summed E-state index contributed by atoms with van der Waals surface area (Å²) in [5, 5.41) is 9.02. The Kier molecular flexibility index (Phi) is 5.33. The minimum Gasteiger partial charge on any atom is -0.267 e. The molecule has 8 heteroatoms. The number of rotatable bonds is 4. The van der Waals surface area contributed by atoms with Gasteiger partial charge in [0.25, 0.3) is 5.91 Å². The third kappa shape index (κ3) is 4.01. The molecular formula is C26H17F3N4O. The van der Waals surface area contributed by atoms with Crippen LogP contribution in [0.4, 0.5) is 18.9 Å². The number of amides is 1. The molecule has 168 valence electrons. The smallest absolute Gasteiger partial charge is 0.267 e. The van der Waals surface area contributed by atoms with Crippen molar-refractivity contribution in [2.24, 2.45) is 5.10 Å². The summed E-state index contributed by atoms with van der Waals surface area (Å²) in [7, 11) is 0. The van der Waals surface area contributed by atoms with Gasteiger partial charge in [0.15, 0.2) is 5.71 Å². The molecule has 0 N–H and O–H groups in total. The monoisotopic (exact) mass is 458 g/mol. The maximum absolute atomic E-state index is 13.9. The van der Waals surface area contributed by atoms with Gasteiger partial charge in [0, 0.05) is 17.3 Å². The third-order valence-corrected chi connectivity index (χ3v) is 5.26. The van der Waals surface area contributed by atoms with Crippen molar-refractivity contribution in [3.63, 3.8) is 0 Å². The number of aromatic nitrogens is 2. The van der Waals surface area contributed by atoms with Crippen LogP contribution in [-0.2, 0) is 4.79 Å². The zero-order valence-corrected chi connectivity index (χ0v) is 17.6. The molecule has 4 aromatic rings. The number of para-hydroxylation sites is 2. The fourth-order valence-corrected chi connectivity index (χ4v) is 3.68. The van der Waals surface area contributed by atoms with Gasteiger partial charge in [-0.1, -0.05) is 66.7 Å². The molecule has 5 nitrogen and oxygen atoms in total. The van der Waals surface area contributed by atoms with Gasteiger partial charge in [-0.15, -0.1) is 0 Å². The van der Waals surface area contributed by atoms with Crippen LogP contribution < -0.4 is 5.01 Å². The first-order valence-corrected chi connectivity index (χ1v) is 10.4. The van der Waals surface area contributed by atoms with Gasteiger partial charge in [-0.3, -0.25) is 4.79 Å². The van der Waals surface area contributed by atoms with E-state index in [9.17, 15) is 18.0 Å². The van der Waals surface area contributed by atoms with E-state index in [1.165, 1.54) is 18.2 Å². The molecule has 1 aromatic heterocycles. The number of hydrogen-bond donors (Lipinski definition) is 0. The van der Waals surface area contributed by atoms with Crippen molar-refractivity contribution in [3.8, 4) is 16.9 Å². The van der Waals surface area contributed by atoms with Crippen molar-refractivity contribution in [2.75, 3.05) is 5.01 Å². The second kappa shape index (κ2) is 8.47. The van der Waals surface area contributed by atoms with E-state index < -0.39 is 23.4 Å². The van der Waals surface area contributed by atoms with Crippen LogP contribution in [0.5, 0.6) is 0 Å². The molecule has 1 amide bonds. The Bertz CT molecular complexity index is 1390. The van der Waals surface area contributed by atoms with E-state index in [-0.39, 0.29) is 5.69 Å². The van der Waals surface area contributed by atoms with Crippen molar-refractivity contribution in [2.45, 2.75) is 6.18 Å². The summed E-state index contributed by atoms with van der Waals surface area (Å²) < 4.78 is 43.3. The Balaban J connectivity index is 1.66. The number of carbonyl (C=O) groups is 1. The van der Waals surface area contributed by atoms with Crippen LogP contribution in [0, 0.1) is 0 Å². The second-order valence-electron chi connectivity index (χ2n) is 7.54.